The zero-order valence-electron chi connectivity index (χ0n) is 17.3. The van der Waals surface area contributed by atoms with Crippen LogP contribution in [-0.2, 0) is 25.7 Å². The number of carbonyl (C=O) groups is 2. The van der Waals surface area contributed by atoms with Gasteiger partial charge in [-0.2, -0.15) is 0 Å². The minimum Gasteiger partial charge on any atom is -0.487 e. The summed E-state index contributed by atoms with van der Waals surface area (Å²) >= 11 is 6.47. The number of Topliss-reactive ketones (excluding diaryl/α,β-unsaturated/α-hetero) is 1. The van der Waals surface area contributed by atoms with E-state index in [2.05, 4.69) is 0 Å². The summed E-state index contributed by atoms with van der Waals surface area (Å²) in [5.74, 6) is -1.04. The van der Waals surface area contributed by atoms with Crippen LogP contribution in [0.2, 0.25) is 5.02 Å². The highest BCUT2D eigenvalue weighted by atomic mass is 35.5. The van der Waals surface area contributed by atoms with E-state index in [1.807, 2.05) is 0 Å². The first-order valence-corrected chi connectivity index (χ1v) is 10.5. The first-order chi connectivity index (χ1) is 15.4. The Labute approximate surface area is 189 Å². The Kier molecular flexibility index (Phi) is 6.19. The Morgan fingerprint density at radius 2 is 1.97 bits per heavy atom. The molecule has 1 aliphatic heterocycles. The number of hydrogen-bond acceptors (Lipinski definition) is 6. The molecule has 1 atom stereocenters. The number of ketones is 1. The number of hydrogen-bond donors (Lipinski definition) is 1. The molecule has 4 rings (SSSR count). The van der Waals surface area contributed by atoms with Gasteiger partial charge in [-0.05, 0) is 41.8 Å². The molecule has 2 aromatic rings. The van der Waals surface area contributed by atoms with Gasteiger partial charge in [0, 0.05) is 18.4 Å². The summed E-state index contributed by atoms with van der Waals surface area (Å²) in [5.41, 5.74) is 7.90. The third kappa shape index (κ3) is 4.21. The number of carbonyl (C=O) groups excluding carboxylic acids is 2. The predicted octanol–water partition coefficient (Wildman–Crippen LogP) is 4.52. The van der Waals surface area contributed by atoms with Gasteiger partial charge in [-0.15, -0.1) is 0 Å². The van der Waals surface area contributed by atoms with Gasteiger partial charge in [0.15, 0.2) is 5.78 Å². The third-order valence-corrected chi connectivity index (χ3v) is 5.78. The zero-order valence-corrected chi connectivity index (χ0v) is 18.1. The number of halogens is 2. The monoisotopic (exact) mass is 457 g/mol. The van der Waals surface area contributed by atoms with E-state index in [0.717, 1.165) is 5.56 Å². The number of esters is 1. The maximum atomic E-state index is 13.1. The number of rotatable bonds is 5. The quantitative estimate of drug-likeness (QED) is 0.664. The minimum atomic E-state index is -0.748. The van der Waals surface area contributed by atoms with Crippen LogP contribution in [0, 0.1) is 5.82 Å². The van der Waals surface area contributed by atoms with Crippen molar-refractivity contribution in [1.82, 2.24) is 0 Å². The maximum absolute atomic E-state index is 13.1. The van der Waals surface area contributed by atoms with Crippen LogP contribution in [0.1, 0.15) is 36.3 Å². The standard InChI is InChI=1S/C24H21ClFNO5/c1-30-24(29)22-20(21-17(28)3-2-4-19(21)32-23(22)27)14-7-10-18(16(25)11-14)31-12-13-5-8-15(26)9-6-13/h5-11,20H,2-4,12,27H2,1H3/t20-/m1/s1. The lowest BCUT2D eigenvalue weighted by Gasteiger charge is -2.32. The van der Waals surface area contributed by atoms with Gasteiger partial charge in [0.1, 0.15) is 29.5 Å². The molecule has 0 fully saturated rings. The summed E-state index contributed by atoms with van der Waals surface area (Å²) in [6.45, 7) is 0.199. The van der Waals surface area contributed by atoms with Crippen LogP contribution < -0.4 is 10.5 Å². The van der Waals surface area contributed by atoms with Gasteiger partial charge in [0.25, 0.3) is 0 Å². The minimum absolute atomic E-state index is 0.0672. The fraction of sp³-hybridized carbons (Fsp3) is 0.250. The Morgan fingerprint density at radius 3 is 2.66 bits per heavy atom. The second-order valence-corrected chi connectivity index (χ2v) is 7.93. The molecule has 2 aliphatic rings. The van der Waals surface area contributed by atoms with Crippen LogP contribution in [0.4, 0.5) is 4.39 Å². The van der Waals surface area contributed by atoms with Crippen molar-refractivity contribution in [2.45, 2.75) is 31.8 Å². The number of allylic oxidation sites excluding steroid dienone is 2. The van der Waals surface area contributed by atoms with Crippen molar-refractivity contribution in [1.29, 1.82) is 0 Å². The molecule has 2 N–H and O–H groups in total. The summed E-state index contributed by atoms with van der Waals surface area (Å²) in [5, 5.41) is 0.296. The van der Waals surface area contributed by atoms with Crippen LogP contribution in [0.15, 0.2) is 65.3 Å². The molecule has 0 saturated carbocycles. The van der Waals surface area contributed by atoms with E-state index in [0.29, 0.717) is 46.9 Å². The largest absolute Gasteiger partial charge is 0.487 e. The van der Waals surface area contributed by atoms with Crippen molar-refractivity contribution in [3.05, 3.63) is 87.2 Å². The lowest BCUT2D eigenvalue weighted by molar-refractivity contribution is -0.136. The van der Waals surface area contributed by atoms with Gasteiger partial charge >= 0.3 is 5.97 Å². The molecule has 0 aromatic heterocycles. The van der Waals surface area contributed by atoms with E-state index in [4.69, 9.17) is 31.5 Å². The molecule has 2 aromatic carbocycles. The molecule has 0 amide bonds. The van der Waals surface area contributed by atoms with Crippen LogP contribution in [0.3, 0.4) is 0 Å². The van der Waals surface area contributed by atoms with Gasteiger partial charge in [-0.25, -0.2) is 9.18 Å². The Balaban J connectivity index is 1.67. The fourth-order valence-electron chi connectivity index (χ4n) is 3.95. The summed E-state index contributed by atoms with van der Waals surface area (Å²) in [4.78, 5) is 25.3. The van der Waals surface area contributed by atoms with Gasteiger partial charge in [0.2, 0.25) is 5.88 Å². The van der Waals surface area contributed by atoms with Crippen LogP contribution >= 0.6 is 11.6 Å². The van der Waals surface area contributed by atoms with E-state index in [1.165, 1.54) is 19.2 Å². The third-order valence-electron chi connectivity index (χ3n) is 5.49. The van der Waals surface area contributed by atoms with Gasteiger partial charge in [-0.1, -0.05) is 29.8 Å². The van der Waals surface area contributed by atoms with E-state index < -0.39 is 11.9 Å². The normalized spacial score (nSPS) is 18.2. The Hall–Kier alpha value is -3.32. The van der Waals surface area contributed by atoms with Gasteiger partial charge in [-0.3, -0.25) is 4.79 Å². The summed E-state index contributed by atoms with van der Waals surface area (Å²) in [6.07, 6.45) is 1.57. The molecule has 6 nitrogen and oxygen atoms in total. The molecule has 0 radical (unpaired) electrons. The van der Waals surface area contributed by atoms with Crippen molar-refractivity contribution in [3.63, 3.8) is 0 Å². The second-order valence-electron chi connectivity index (χ2n) is 7.52. The molecule has 0 bridgehead atoms. The Bertz CT molecular complexity index is 1140. The average molecular weight is 458 g/mol. The molecule has 166 valence electrons. The SMILES string of the molecule is COC(=O)C1=C(N)OC2=C(C(=O)CCC2)[C@H]1c1ccc(OCc2ccc(F)cc2)c(Cl)c1. The zero-order chi connectivity index (χ0) is 22.8. The lowest BCUT2D eigenvalue weighted by Crippen LogP contribution is -2.31. The number of methoxy groups -OCH3 is 1. The fourth-order valence-corrected chi connectivity index (χ4v) is 4.20. The van der Waals surface area contributed by atoms with E-state index >= 15 is 0 Å². The maximum Gasteiger partial charge on any atom is 0.340 e. The summed E-state index contributed by atoms with van der Waals surface area (Å²) in [7, 11) is 1.24. The van der Waals surface area contributed by atoms with Crippen molar-refractivity contribution in [3.8, 4) is 5.75 Å². The first kappa shape index (κ1) is 21.9. The molecule has 0 spiro atoms. The van der Waals surface area contributed by atoms with E-state index in [1.54, 1.807) is 30.3 Å². The number of benzene rings is 2. The second kappa shape index (κ2) is 9.04. The highest BCUT2D eigenvalue weighted by molar-refractivity contribution is 6.32. The van der Waals surface area contributed by atoms with Crippen molar-refractivity contribution in [2.24, 2.45) is 5.73 Å². The van der Waals surface area contributed by atoms with Crippen LogP contribution in [0.25, 0.3) is 0 Å². The van der Waals surface area contributed by atoms with Crippen molar-refractivity contribution in [2.75, 3.05) is 7.11 Å². The predicted molar refractivity (Wildman–Crippen MR) is 115 cm³/mol. The topological polar surface area (TPSA) is 87.9 Å². The molecular weight excluding hydrogens is 437 g/mol. The molecule has 8 heteroatoms. The smallest absolute Gasteiger partial charge is 0.340 e. The van der Waals surface area contributed by atoms with E-state index in [9.17, 15) is 14.0 Å². The molecule has 1 heterocycles. The Morgan fingerprint density at radius 1 is 1.22 bits per heavy atom. The van der Waals surface area contributed by atoms with Gasteiger partial charge < -0.3 is 19.9 Å². The molecular formula is C24H21ClFNO5. The molecule has 1 aliphatic carbocycles. The first-order valence-electron chi connectivity index (χ1n) is 10.1. The summed E-state index contributed by atoms with van der Waals surface area (Å²) < 4.78 is 29.4. The average Bonchev–Trinajstić information content (AvgIpc) is 2.78. The van der Waals surface area contributed by atoms with Crippen LogP contribution in [0.5, 0.6) is 5.75 Å². The number of nitrogens with two attached hydrogens (primary N) is 1. The lowest BCUT2D eigenvalue weighted by atomic mass is 9.77. The molecule has 32 heavy (non-hydrogen) atoms. The highest BCUT2D eigenvalue weighted by Crippen LogP contribution is 2.45. The van der Waals surface area contributed by atoms with Crippen molar-refractivity contribution >= 4 is 23.4 Å². The highest BCUT2D eigenvalue weighted by Gasteiger charge is 2.41. The van der Waals surface area contributed by atoms with Crippen LogP contribution in [-0.4, -0.2) is 18.9 Å². The molecule has 0 saturated heterocycles. The number of ether oxygens (including phenoxy) is 3. The van der Waals surface area contributed by atoms with E-state index in [-0.39, 0.29) is 29.7 Å². The van der Waals surface area contributed by atoms with Gasteiger partial charge in [0.05, 0.1) is 18.1 Å². The molecule has 0 unspecified atom stereocenters. The van der Waals surface area contributed by atoms with Crippen molar-refractivity contribution < 1.29 is 28.2 Å². The summed E-state index contributed by atoms with van der Waals surface area (Å²) in [6, 6.07) is 11.0.